The molecule has 3 rings (SSSR count). The highest BCUT2D eigenvalue weighted by molar-refractivity contribution is 7.89. The Hall–Kier alpha value is -2.13. The van der Waals surface area contributed by atoms with E-state index in [1.165, 1.54) is 4.31 Å². The average molecular weight is 354 g/mol. The Kier molecular flexibility index (Phi) is 4.22. The lowest BCUT2D eigenvalue weighted by Crippen LogP contribution is -2.39. The molecule has 1 saturated heterocycles. The molecule has 1 amide bonds. The molecule has 0 saturated carbocycles. The first-order valence-electron chi connectivity index (χ1n) is 7.57. The minimum atomic E-state index is -3.42. The van der Waals surface area contributed by atoms with Crippen molar-refractivity contribution in [3.63, 3.8) is 0 Å². The molecule has 1 fully saturated rings. The maximum Gasteiger partial charge on any atom is 0.404 e. The lowest BCUT2D eigenvalue weighted by Gasteiger charge is -2.28. The van der Waals surface area contributed by atoms with Crippen molar-refractivity contribution in [3.8, 4) is 0 Å². The van der Waals surface area contributed by atoms with Crippen LogP contribution >= 0.6 is 0 Å². The van der Waals surface area contributed by atoms with Crippen LogP contribution in [0.25, 0.3) is 0 Å². The minimum absolute atomic E-state index is 0.0526. The summed E-state index contributed by atoms with van der Waals surface area (Å²) in [5, 5.41) is 11.2. The summed E-state index contributed by atoms with van der Waals surface area (Å²) in [7, 11) is -3.42. The van der Waals surface area contributed by atoms with Crippen molar-refractivity contribution in [1.29, 1.82) is 0 Å². The normalized spacial score (nSPS) is 20.5. The van der Waals surface area contributed by atoms with Crippen LogP contribution in [-0.4, -0.2) is 48.7 Å². The molecule has 9 heteroatoms. The number of sulfonamides is 1. The number of ether oxygens (including phenoxy) is 1. The Morgan fingerprint density at radius 2 is 2.21 bits per heavy atom. The van der Waals surface area contributed by atoms with E-state index in [-0.39, 0.29) is 18.9 Å². The van der Waals surface area contributed by atoms with Gasteiger partial charge >= 0.3 is 12.1 Å². The van der Waals surface area contributed by atoms with E-state index in [1.807, 2.05) is 0 Å². The predicted octanol–water partition coefficient (Wildman–Crippen LogP) is 1.01. The lowest BCUT2D eigenvalue weighted by atomic mass is 9.94. The topological polar surface area (TPSA) is 113 Å². The molecule has 1 aromatic carbocycles. The van der Waals surface area contributed by atoms with Crippen molar-refractivity contribution < 1.29 is 27.9 Å². The molecule has 24 heavy (non-hydrogen) atoms. The molecule has 1 aromatic rings. The summed E-state index contributed by atoms with van der Waals surface area (Å²) in [6.45, 7) is 2.25. The van der Waals surface area contributed by atoms with Crippen LogP contribution in [0.4, 0.5) is 4.79 Å². The van der Waals surface area contributed by atoms with E-state index in [0.717, 1.165) is 11.1 Å². The summed E-state index contributed by atoms with van der Waals surface area (Å²) < 4.78 is 30.9. The maximum absolute atomic E-state index is 12.3. The molecule has 2 aliphatic rings. The second kappa shape index (κ2) is 6.06. The second-order valence-corrected chi connectivity index (χ2v) is 7.91. The molecule has 2 heterocycles. The van der Waals surface area contributed by atoms with Gasteiger partial charge in [0.25, 0.3) is 0 Å². The van der Waals surface area contributed by atoms with Crippen LogP contribution in [0.3, 0.4) is 0 Å². The van der Waals surface area contributed by atoms with Gasteiger partial charge in [-0.15, -0.1) is 0 Å². The number of fused-ring (bicyclic) bond motifs is 1. The van der Waals surface area contributed by atoms with Gasteiger partial charge in [-0.2, -0.15) is 4.31 Å². The van der Waals surface area contributed by atoms with Crippen molar-refractivity contribution in [1.82, 2.24) is 9.62 Å². The highest BCUT2D eigenvalue weighted by Gasteiger charge is 2.37. The number of hydrogen-bond donors (Lipinski definition) is 2. The van der Waals surface area contributed by atoms with Gasteiger partial charge in [-0.3, -0.25) is 0 Å². The molecule has 0 aliphatic carbocycles. The van der Waals surface area contributed by atoms with Crippen LogP contribution in [0.5, 0.6) is 0 Å². The van der Waals surface area contributed by atoms with Crippen LogP contribution in [0.15, 0.2) is 12.1 Å². The van der Waals surface area contributed by atoms with Gasteiger partial charge in [-0.05, 0) is 30.5 Å². The fraction of sp³-hybridized carbons (Fsp3) is 0.467. The van der Waals surface area contributed by atoms with Crippen molar-refractivity contribution in [3.05, 3.63) is 34.4 Å². The SMILES string of the molecule is Cc1c([C@H](CNC(=O)O)N2CCCS2(=O)=O)ccc2c1COC2=O. The smallest absolute Gasteiger partial charge is 0.404 e. The Labute approximate surface area is 139 Å². The number of carbonyl (C=O) groups excluding carboxylic acids is 1. The molecular formula is C15H18N2O6S. The van der Waals surface area contributed by atoms with Crippen LogP contribution < -0.4 is 5.32 Å². The third-order valence-electron chi connectivity index (χ3n) is 4.50. The Bertz CT molecular complexity index is 804. The van der Waals surface area contributed by atoms with Gasteiger partial charge in [-0.1, -0.05) is 6.07 Å². The first kappa shape index (κ1) is 16.7. The van der Waals surface area contributed by atoms with Gasteiger partial charge < -0.3 is 15.2 Å². The third kappa shape index (κ3) is 2.84. The van der Waals surface area contributed by atoms with E-state index >= 15 is 0 Å². The monoisotopic (exact) mass is 354 g/mol. The van der Waals surface area contributed by atoms with Crippen LogP contribution in [0.1, 0.15) is 39.5 Å². The van der Waals surface area contributed by atoms with Gasteiger partial charge in [0.15, 0.2) is 0 Å². The summed E-state index contributed by atoms with van der Waals surface area (Å²) in [5.41, 5.74) is 2.66. The quantitative estimate of drug-likeness (QED) is 0.780. The zero-order chi connectivity index (χ0) is 17.5. The molecule has 0 unspecified atom stereocenters. The van der Waals surface area contributed by atoms with Crippen LogP contribution in [0.2, 0.25) is 0 Å². The van der Waals surface area contributed by atoms with E-state index < -0.39 is 28.1 Å². The van der Waals surface area contributed by atoms with Crippen LogP contribution in [-0.2, 0) is 21.4 Å². The number of rotatable bonds is 4. The molecule has 130 valence electrons. The van der Waals surface area contributed by atoms with Crippen molar-refractivity contribution >= 4 is 22.1 Å². The van der Waals surface area contributed by atoms with E-state index in [4.69, 9.17) is 9.84 Å². The summed E-state index contributed by atoms with van der Waals surface area (Å²) >= 11 is 0. The largest absolute Gasteiger partial charge is 0.465 e. The number of carboxylic acid groups (broad SMARTS) is 1. The van der Waals surface area contributed by atoms with E-state index in [0.29, 0.717) is 24.1 Å². The molecular weight excluding hydrogens is 336 g/mol. The number of amides is 1. The molecule has 8 nitrogen and oxygen atoms in total. The highest BCUT2D eigenvalue weighted by atomic mass is 32.2. The average Bonchev–Trinajstić information content (AvgIpc) is 3.05. The van der Waals surface area contributed by atoms with Gasteiger partial charge in [0, 0.05) is 18.7 Å². The fourth-order valence-corrected chi connectivity index (χ4v) is 5.00. The fourth-order valence-electron chi connectivity index (χ4n) is 3.29. The summed E-state index contributed by atoms with van der Waals surface area (Å²) in [5.74, 6) is -0.337. The van der Waals surface area contributed by atoms with Crippen molar-refractivity contribution in [2.45, 2.75) is 26.0 Å². The first-order valence-corrected chi connectivity index (χ1v) is 9.18. The summed E-state index contributed by atoms with van der Waals surface area (Å²) in [6, 6.07) is 2.65. The maximum atomic E-state index is 12.3. The minimum Gasteiger partial charge on any atom is -0.465 e. The number of cyclic esters (lactones) is 1. The number of nitrogens with zero attached hydrogens (tertiary/aromatic N) is 1. The number of benzene rings is 1. The molecule has 2 aliphatic heterocycles. The molecule has 1 atom stereocenters. The molecule has 0 bridgehead atoms. The van der Waals surface area contributed by atoms with Gasteiger partial charge in [-0.25, -0.2) is 18.0 Å². The zero-order valence-corrected chi connectivity index (χ0v) is 13.9. The standard InChI is InChI=1S/C15H18N2O6S/c1-9-10(3-4-11-12(9)8-23-14(11)18)13(7-16-15(19)20)17-5-2-6-24(17,21)22/h3-4,13,16H,2,5-8H2,1H3,(H,19,20)/t13-/m0/s1. The molecule has 0 radical (unpaired) electrons. The molecule has 2 N–H and O–H groups in total. The molecule has 0 spiro atoms. The summed E-state index contributed by atoms with van der Waals surface area (Å²) in [6.07, 6.45) is -0.703. The lowest BCUT2D eigenvalue weighted by molar-refractivity contribution is 0.0535. The number of nitrogens with one attached hydrogen (secondary N) is 1. The van der Waals surface area contributed by atoms with E-state index in [2.05, 4.69) is 5.32 Å². The van der Waals surface area contributed by atoms with Gasteiger partial charge in [0.05, 0.1) is 17.4 Å². The Balaban J connectivity index is 2.03. The predicted molar refractivity (Wildman–Crippen MR) is 84.2 cm³/mol. The van der Waals surface area contributed by atoms with Crippen molar-refractivity contribution in [2.75, 3.05) is 18.8 Å². The Morgan fingerprint density at radius 3 is 2.83 bits per heavy atom. The van der Waals surface area contributed by atoms with Crippen LogP contribution in [0, 0.1) is 6.92 Å². The van der Waals surface area contributed by atoms with E-state index in [1.54, 1.807) is 19.1 Å². The number of hydrogen-bond acceptors (Lipinski definition) is 5. The highest BCUT2D eigenvalue weighted by Crippen LogP contribution is 2.34. The second-order valence-electron chi connectivity index (χ2n) is 5.86. The number of esters is 1. The molecule has 0 aromatic heterocycles. The van der Waals surface area contributed by atoms with Gasteiger partial charge in [0.2, 0.25) is 10.0 Å². The number of carbonyl (C=O) groups is 2. The summed E-state index contributed by atoms with van der Waals surface area (Å²) in [4.78, 5) is 22.5. The third-order valence-corrected chi connectivity index (χ3v) is 6.46. The van der Waals surface area contributed by atoms with Gasteiger partial charge in [0.1, 0.15) is 6.61 Å². The zero-order valence-electron chi connectivity index (χ0n) is 13.1. The van der Waals surface area contributed by atoms with Crippen molar-refractivity contribution in [2.24, 2.45) is 0 Å². The van der Waals surface area contributed by atoms with E-state index in [9.17, 15) is 18.0 Å². The Morgan fingerprint density at radius 1 is 1.46 bits per heavy atom. The first-order chi connectivity index (χ1) is 11.3.